The summed E-state index contributed by atoms with van der Waals surface area (Å²) in [5, 5.41) is 4.82. The van der Waals surface area contributed by atoms with Gasteiger partial charge in [-0.15, -0.1) is 0 Å². The van der Waals surface area contributed by atoms with Crippen LogP contribution in [0.15, 0.2) is 18.3 Å². The number of fused-ring (bicyclic) bond motifs is 1. The molecule has 0 bridgehead atoms. The number of hydrogen-bond acceptors (Lipinski definition) is 4. The summed E-state index contributed by atoms with van der Waals surface area (Å²) in [5.41, 5.74) is 0.747. The molecule has 2 aromatic heterocycles. The summed E-state index contributed by atoms with van der Waals surface area (Å²) in [5.74, 6) is 0.986. The summed E-state index contributed by atoms with van der Waals surface area (Å²) in [7, 11) is -3.11. The third-order valence-electron chi connectivity index (χ3n) is 4.00. The van der Waals surface area contributed by atoms with Crippen molar-refractivity contribution in [3.8, 4) is 0 Å². The number of pyridine rings is 1. The van der Waals surface area contributed by atoms with Crippen LogP contribution in [0, 0.1) is 5.92 Å². The Labute approximate surface area is 134 Å². The molecule has 2 N–H and O–H groups in total. The zero-order valence-electron chi connectivity index (χ0n) is 12.3. The lowest BCUT2D eigenvalue weighted by Gasteiger charge is -2.31. The average molecular weight is 343 g/mol. The first kappa shape index (κ1) is 15.6. The maximum absolute atomic E-state index is 11.6. The van der Waals surface area contributed by atoms with Gasteiger partial charge in [-0.3, -0.25) is 0 Å². The van der Waals surface area contributed by atoms with E-state index in [1.807, 2.05) is 6.07 Å². The van der Waals surface area contributed by atoms with E-state index in [0.29, 0.717) is 30.5 Å². The Morgan fingerprint density at radius 1 is 1.55 bits per heavy atom. The summed E-state index contributed by atoms with van der Waals surface area (Å²) in [6, 6.07) is 3.69. The van der Waals surface area contributed by atoms with Crippen LogP contribution in [0.4, 0.5) is 5.82 Å². The van der Waals surface area contributed by atoms with E-state index < -0.39 is 10.0 Å². The quantitative estimate of drug-likeness (QED) is 0.893. The van der Waals surface area contributed by atoms with Gasteiger partial charge in [0.15, 0.2) is 0 Å². The molecule has 120 valence electrons. The topological polar surface area (TPSA) is 78.1 Å². The standard InChI is InChI=1S/C14H19ClN4O2S/c1-22(20,21)19-6-2-3-10(9-19)8-17-13-7-12(15)11-4-5-16-14(11)18-13/h4-5,7,10H,2-3,6,8-9H2,1H3,(H2,16,17,18)/t10-/m0/s1. The van der Waals surface area contributed by atoms with Gasteiger partial charge in [-0.25, -0.2) is 17.7 Å². The monoisotopic (exact) mass is 342 g/mol. The van der Waals surface area contributed by atoms with E-state index >= 15 is 0 Å². The van der Waals surface area contributed by atoms with E-state index in [4.69, 9.17) is 11.6 Å². The van der Waals surface area contributed by atoms with Crippen LogP contribution < -0.4 is 5.32 Å². The van der Waals surface area contributed by atoms with Crippen molar-refractivity contribution < 1.29 is 8.42 Å². The zero-order valence-corrected chi connectivity index (χ0v) is 13.9. The maximum atomic E-state index is 11.6. The highest BCUT2D eigenvalue weighted by atomic mass is 35.5. The second-order valence-corrected chi connectivity index (χ2v) is 8.13. The van der Waals surface area contributed by atoms with Crippen molar-refractivity contribution in [2.75, 3.05) is 31.2 Å². The van der Waals surface area contributed by atoms with Crippen molar-refractivity contribution >= 4 is 38.5 Å². The van der Waals surface area contributed by atoms with Gasteiger partial charge < -0.3 is 10.3 Å². The van der Waals surface area contributed by atoms with E-state index in [0.717, 1.165) is 23.9 Å². The SMILES string of the molecule is CS(=O)(=O)N1CCC[C@@H](CNc2cc(Cl)c3cc[nH]c3n2)C1. The largest absolute Gasteiger partial charge is 0.370 e. The van der Waals surface area contributed by atoms with Crippen molar-refractivity contribution in [3.05, 3.63) is 23.4 Å². The van der Waals surface area contributed by atoms with Crippen LogP contribution >= 0.6 is 11.6 Å². The van der Waals surface area contributed by atoms with Crippen LogP contribution in [0.3, 0.4) is 0 Å². The molecular formula is C14H19ClN4O2S. The van der Waals surface area contributed by atoms with Crippen LogP contribution in [0.1, 0.15) is 12.8 Å². The fourth-order valence-electron chi connectivity index (χ4n) is 2.83. The Balaban J connectivity index is 1.66. The molecule has 0 aliphatic carbocycles. The Hall–Kier alpha value is -1.31. The molecule has 3 rings (SSSR count). The first-order valence-electron chi connectivity index (χ1n) is 7.26. The Morgan fingerprint density at radius 2 is 2.36 bits per heavy atom. The Bertz CT molecular complexity index is 774. The highest BCUT2D eigenvalue weighted by Crippen LogP contribution is 2.25. The van der Waals surface area contributed by atoms with Crippen LogP contribution in [-0.2, 0) is 10.0 Å². The molecule has 8 heteroatoms. The second kappa shape index (κ2) is 6.06. The van der Waals surface area contributed by atoms with Gasteiger partial charge in [0.2, 0.25) is 10.0 Å². The highest BCUT2D eigenvalue weighted by molar-refractivity contribution is 7.88. The number of nitrogens with one attached hydrogen (secondary N) is 2. The van der Waals surface area contributed by atoms with Gasteiger partial charge in [0.25, 0.3) is 0 Å². The van der Waals surface area contributed by atoms with Gasteiger partial charge in [0, 0.05) is 31.2 Å². The number of rotatable bonds is 4. The molecular weight excluding hydrogens is 324 g/mol. The normalized spacial score (nSPS) is 20.4. The Morgan fingerprint density at radius 3 is 3.14 bits per heavy atom. The molecule has 6 nitrogen and oxygen atoms in total. The predicted octanol–water partition coefficient (Wildman–Crippen LogP) is 2.30. The fourth-order valence-corrected chi connectivity index (χ4v) is 4.03. The third kappa shape index (κ3) is 3.37. The molecule has 0 amide bonds. The van der Waals surface area contributed by atoms with Gasteiger partial charge in [-0.2, -0.15) is 0 Å². The summed E-state index contributed by atoms with van der Waals surface area (Å²) < 4.78 is 24.8. The molecule has 1 fully saturated rings. The summed E-state index contributed by atoms with van der Waals surface area (Å²) >= 11 is 6.22. The van der Waals surface area contributed by atoms with Gasteiger partial charge in [-0.05, 0) is 30.9 Å². The molecule has 3 heterocycles. The highest BCUT2D eigenvalue weighted by Gasteiger charge is 2.25. The Kier molecular flexibility index (Phi) is 4.29. The minimum Gasteiger partial charge on any atom is -0.370 e. The molecule has 2 aromatic rings. The number of sulfonamides is 1. The summed E-state index contributed by atoms with van der Waals surface area (Å²) in [6.07, 6.45) is 4.97. The predicted molar refractivity (Wildman–Crippen MR) is 88.7 cm³/mol. The fraction of sp³-hybridized carbons (Fsp3) is 0.500. The van der Waals surface area contributed by atoms with Crippen LogP contribution in [0.5, 0.6) is 0 Å². The number of aromatic nitrogens is 2. The lowest BCUT2D eigenvalue weighted by molar-refractivity contribution is 0.276. The smallest absolute Gasteiger partial charge is 0.211 e. The molecule has 1 saturated heterocycles. The number of hydrogen-bond donors (Lipinski definition) is 2. The minimum atomic E-state index is -3.11. The van der Waals surface area contributed by atoms with E-state index in [2.05, 4.69) is 15.3 Å². The summed E-state index contributed by atoms with van der Waals surface area (Å²) in [6.45, 7) is 1.86. The third-order valence-corrected chi connectivity index (χ3v) is 5.58. The van der Waals surface area contributed by atoms with Crippen molar-refractivity contribution in [1.82, 2.24) is 14.3 Å². The van der Waals surface area contributed by atoms with Crippen molar-refractivity contribution in [2.45, 2.75) is 12.8 Å². The molecule has 0 radical (unpaired) electrons. The van der Waals surface area contributed by atoms with Gasteiger partial charge >= 0.3 is 0 Å². The van der Waals surface area contributed by atoms with Gasteiger partial charge in [-0.1, -0.05) is 11.6 Å². The van der Waals surface area contributed by atoms with Crippen molar-refractivity contribution in [3.63, 3.8) is 0 Å². The van der Waals surface area contributed by atoms with Gasteiger partial charge in [0.1, 0.15) is 11.5 Å². The number of H-pyrrole nitrogens is 1. The molecule has 0 aromatic carbocycles. The number of halogens is 1. The van der Waals surface area contributed by atoms with Crippen molar-refractivity contribution in [2.24, 2.45) is 5.92 Å². The van der Waals surface area contributed by atoms with E-state index in [-0.39, 0.29) is 5.92 Å². The molecule has 1 atom stereocenters. The second-order valence-electron chi connectivity index (χ2n) is 5.74. The molecule has 0 spiro atoms. The van der Waals surface area contributed by atoms with Crippen molar-refractivity contribution in [1.29, 1.82) is 0 Å². The number of aromatic amines is 1. The van der Waals surface area contributed by atoms with Crippen LogP contribution in [-0.4, -0.2) is 48.6 Å². The molecule has 22 heavy (non-hydrogen) atoms. The lowest BCUT2D eigenvalue weighted by Crippen LogP contribution is -2.41. The number of nitrogens with zero attached hydrogens (tertiary/aromatic N) is 2. The average Bonchev–Trinajstić information content (AvgIpc) is 2.93. The number of piperidine rings is 1. The molecule has 1 aliphatic heterocycles. The first-order chi connectivity index (χ1) is 10.4. The molecule has 0 unspecified atom stereocenters. The molecule has 0 saturated carbocycles. The van der Waals surface area contributed by atoms with E-state index in [1.54, 1.807) is 16.6 Å². The number of anilines is 1. The molecule has 1 aliphatic rings. The van der Waals surface area contributed by atoms with E-state index in [9.17, 15) is 8.42 Å². The first-order valence-corrected chi connectivity index (χ1v) is 9.49. The van der Waals surface area contributed by atoms with Crippen LogP contribution in [0.25, 0.3) is 11.0 Å². The maximum Gasteiger partial charge on any atom is 0.211 e. The van der Waals surface area contributed by atoms with E-state index in [1.165, 1.54) is 6.26 Å². The minimum absolute atomic E-state index is 0.281. The lowest BCUT2D eigenvalue weighted by atomic mass is 10.00. The van der Waals surface area contributed by atoms with Gasteiger partial charge in [0.05, 0.1) is 11.3 Å². The zero-order chi connectivity index (χ0) is 15.7. The van der Waals surface area contributed by atoms with Crippen LogP contribution in [0.2, 0.25) is 5.02 Å². The summed E-state index contributed by atoms with van der Waals surface area (Å²) in [4.78, 5) is 7.51.